The Morgan fingerprint density at radius 1 is 0.278 bits per heavy atom. The van der Waals surface area contributed by atoms with Gasteiger partial charge in [-0.25, -0.2) is 0 Å². The number of hydrogen-bond acceptors (Lipinski definition) is 4. The molecule has 0 saturated carbocycles. The third kappa shape index (κ3) is 4.01. The zero-order chi connectivity index (χ0) is 35.1. The summed E-state index contributed by atoms with van der Waals surface area (Å²) in [5.41, 5.74) is 5.29. The molecule has 54 heavy (non-hydrogen) atoms. The van der Waals surface area contributed by atoms with Gasteiger partial charge in [-0.2, -0.15) is 0 Å². The Hall–Kier alpha value is -5.62. The highest BCUT2D eigenvalue weighted by Gasteiger charge is 2.21. The predicted octanol–water partition coefficient (Wildman–Crippen LogP) is 16.8. The van der Waals surface area contributed by atoms with Gasteiger partial charge in [0.1, 0.15) is 0 Å². The Kier molecular flexibility index (Phi) is 6.05. The Labute approximate surface area is 325 Å². The molecule has 0 fully saturated rings. The molecule has 0 bridgehead atoms. The van der Waals surface area contributed by atoms with Crippen LogP contribution in [0.3, 0.4) is 0 Å². The molecule has 0 aliphatic heterocycles. The van der Waals surface area contributed by atoms with Gasteiger partial charge in [0.2, 0.25) is 0 Å². The molecule has 0 unspecified atom stereocenters. The van der Waals surface area contributed by atoms with Crippen LogP contribution in [0.2, 0.25) is 0 Å². The Morgan fingerprint density at radius 2 is 0.667 bits per heavy atom. The minimum absolute atomic E-state index is 1.28. The SMILES string of the molecule is c1ccc2c(-c3cc4cc5c(cc(-c6csc7ccccc67)c6c5ccc5c7ccccc7sc56)cc4c4ccc5c6ccccc6sc5c34)csc2c1. The minimum Gasteiger partial charge on any atom is -0.143 e. The molecular formula is C50H26S4. The molecular weight excluding hydrogens is 729 g/mol. The molecule has 250 valence electrons. The van der Waals surface area contributed by atoms with Crippen LogP contribution in [0.25, 0.3) is 126 Å². The lowest BCUT2D eigenvalue weighted by Gasteiger charge is -2.16. The monoisotopic (exact) mass is 754 g/mol. The fraction of sp³-hybridized carbons (Fsp3) is 0. The maximum Gasteiger partial charge on any atom is 0.0440 e. The molecule has 0 aliphatic carbocycles. The zero-order valence-corrected chi connectivity index (χ0v) is 31.9. The van der Waals surface area contributed by atoms with Crippen LogP contribution in [0.4, 0.5) is 0 Å². The first-order valence-electron chi connectivity index (χ1n) is 18.2. The van der Waals surface area contributed by atoms with E-state index in [-0.39, 0.29) is 0 Å². The quantitative estimate of drug-likeness (QED) is 0.122. The Morgan fingerprint density at radius 3 is 1.13 bits per heavy atom. The smallest absolute Gasteiger partial charge is 0.0440 e. The average Bonchev–Trinajstić information content (AvgIpc) is 4.02. The second-order valence-electron chi connectivity index (χ2n) is 14.4. The van der Waals surface area contributed by atoms with Gasteiger partial charge in [0.05, 0.1) is 0 Å². The maximum absolute atomic E-state index is 2.50. The largest absolute Gasteiger partial charge is 0.143 e. The van der Waals surface area contributed by atoms with Crippen LogP contribution >= 0.6 is 45.3 Å². The third-order valence-corrected chi connectivity index (χ3v) is 15.9. The van der Waals surface area contributed by atoms with Crippen molar-refractivity contribution >= 4 is 149 Å². The molecule has 13 rings (SSSR count). The number of rotatable bonds is 2. The fourth-order valence-corrected chi connectivity index (χ4v) is 13.6. The molecule has 4 aromatic heterocycles. The van der Waals surface area contributed by atoms with Crippen LogP contribution in [0.1, 0.15) is 0 Å². The van der Waals surface area contributed by atoms with Crippen LogP contribution < -0.4 is 0 Å². The maximum atomic E-state index is 2.50. The Balaban J connectivity index is 1.21. The molecule has 0 spiro atoms. The summed E-state index contributed by atoms with van der Waals surface area (Å²) in [6.45, 7) is 0. The van der Waals surface area contributed by atoms with Gasteiger partial charge in [0.25, 0.3) is 0 Å². The van der Waals surface area contributed by atoms with E-state index in [1.807, 2.05) is 45.3 Å². The number of hydrogen-bond donors (Lipinski definition) is 0. The average molecular weight is 755 g/mol. The fourth-order valence-electron chi connectivity index (χ4n) is 9.15. The van der Waals surface area contributed by atoms with Crippen molar-refractivity contribution < 1.29 is 0 Å². The van der Waals surface area contributed by atoms with E-state index in [0.717, 1.165) is 0 Å². The van der Waals surface area contributed by atoms with E-state index in [9.17, 15) is 0 Å². The molecule has 9 aromatic carbocycles. The normalized spacial score (nSPS) is 12.4. The van der Waals surface area contributed by atoms with Crippen molar-refractivity contribution in [2.75, 3.05) is 0 Å². The topological polar surface area (TPSA) is 0 Å². The zero-order valence-electron chi connectivity index (χ0n) is 28.6. The molecule has 13 aromatic rings. The Bertz CT molecular complexity index is 3490. The lowest BCUT2D eigenvalue weighted by molar-refractivity contribution is 1.79. The van der Waals surface area contributed by atoms with Gasteiger partial charge in [-0.15, -0.1) is 45.3 Å². The summed E-state index contributed by atoms with van der Waals surface area (Å²) in [6, 6.07) is 55.1. The summed E-state index contributed by atoms with van der Waals surface area (Å²) >= 11 is 7.56. The van der Waals surface area contributed by atoms with E-state index in [1.54, 1.807) is 0 Å². The first-order chi connectivity index (χ1) is 26.8. The first kappa shape index (κ1) is 29.8. The number of benzene rings is 9. The summed E-state index contributed by atoms with van der Waals surface area (Å²) in [4.78, 5) is 0. The second-order valence-corrected chi connectivity index (χ2v) is 18.3. The van der Waals surface area contributed by atoms with Gasteiger partial charge in [0.15, 0.2) is 0 Å². The van der Waals surface area contributed by atoms with Crippen LogP contribution in [0.15, 0.2) is 156 Å². The standard InChI is InChI=1S/C50H26S4/c1-5-13-43-31(11-1)41(25-51-43)39-23-27-21-38-28(22-37(27)33-17-19-35-29-9-3-7-15-45(29)53-49(35)47(33)39)24-40(42-26-52-44-14-6-2-12-32(42)44)48-34(38)18-20-36-30-10-4-8-16-46(30)54-50(36)48/h1-26H. The second kappa shape index (κ2) is 11.0. The van der Waals surface area contributed by atoms with Crippen molar-refractivity contribution in [1.82, 2.24) is 0 Å². The van der Waals surface area contributed by atoms with E-state index < -0.39 is 0 Å². The van der Waals surface area contributed by atoms with Crippen molar-refractivity contribution in [3.05, 3.63) is 156 Å². The molecule has 4 heteroatoms. The van der Waals surface area contributed by atoms with Gasteiger partial charge in [-0.1, -0.05) is 97.1 Å². The van der Waals surface area contributed by atoms with E-state index in [2.05, 4.69) is 156 Å². The van der Waals surface area contributed by atoms with Gasteiger partial charge < -0.3 is 0 Å². The third-order valence-electron chi connectivity index (χ3n) is 11.6. The highest BCUT2D eigenvalue weighted by molar-refractivity contribution is 7.27. The molecule has 0 radical (unpaired) electrons. The summed E-state index contributed by atoms with van der Waals surface area (Å²) in [6.07, 6.45) is 0. The highest BCUT2D eigenvalue weighted by atomic mass is 32.1. The van der Waals surface area contributed by atoms with E-state index in [1.165, 1.54) is 126 Å². The molecule has 0 nitrogen and oxygen atoms in total. The van der Waals surface area contributed by atoms with Crippen molar-refractivity contribution in [2.24, 2.45) is 0 Å². The van der Waals surface area contributed by atoms with E-state index in [4.69, 9.17) is 0 Å². The van der Waals surface area contributed by atoms with Crippen molar-refractivity contribution in [3.63, 3.8) is 0 Å². The summed E-state index contributed by atoms with van der Waals surface area (Å²) in [5.74, 6) is 0. The minimum atomic E-state index is 1.28. The van der Waals surface area contributed by atoms with Crippen molar-refractivity contribution in [3.8, 4) is 22.3 Å². The first-order valence-corrected chi connectivity index (χ1v) is 21.6. The van der Waals surface area contributed by atoms with Crippen LogP contribution in [0.5, 0.6) is 0 Å². The van der Waals surface area contributed by atoms with Crippen molar-refractivity contribution in [1.29, 1.82) is 0 Å². The summed E-state index contributed by atoms with van der Waals surface area (Å²) in [5, 5.41) is 23.3. The van der Waals surface area contributed by atoms with Crippen molar-refractivity contribution in [2.45, 2.75) is 0 Å². The predicted molar refractivity (Wildman–Crippen MR) is 244 cm³/mol. The van der Waals surface area contributed by atoms with Gasteiger partial charge in [0, 0.05) is 82.4 Å². The molecule has 0 N–H and O–H groups in total. The van der Waals surface area contributed by atoms with Gasteiger partial charge in [-0.05, 0) is 103 Å². The summed E-state index contributed by atoms with van der Waals surface area (Å²) in [7, 11) is 0. The lowest BCUT2D eigenvalue weighted by Crippen LogP contribution is -1.88. The molecule has 0 saturated heterocycles. The molecule has 0 atom stereocenters. The number of thiophene rings is 4. The molecule has 0 aliphatic rings. The van der Waals surface area contributed by atoms with Gasteiger partial charge in [-0.3, -0.25) is 0 Å². The van der Waals surface area contributed by atoms with Crippen LogP contribution in [-0.4, -0.2) is 0 Å². The van der Waals surface area contributed by atoms with E-state index in [0.29, 0.717) is 0 Å². The number of fused-ring (bicyclic) bond motifs is 16. The highest BCUT2D eigenvalue weighted by Crippen LogP contribution is 2.50. The van der Waals surface area contributed by atoms with Crippen LogP contribution in [0, 0.1) is 0 Å². The van der Waals surface area contributed by atoms with Crippen LogP contribution in [-0.2, 0) is 0 Å². The molecule has 4 heterocycles. The lowest BCUT2D eigenvalue weighted by atomic mass is 9.88. The summed E-state index contributed by atoms with van der Waals surface area (Å²) < 4.78 is 8.08. The molecule has 0 amide bonds. The van der Waals surface area contributed by atoms with Gasteiger partial charge >= 0.3 is 0 Å². The van der Waals surface area contributed by atoms with E-state index >= 15 is 0 Å².